The fourth-order valence-electron chi connectivity index (χ4n) is 3.05. The number of furan rings is 1. The number of carbonyl (C=O) groups is 1. The highest BCUT2D eigenvalue weighted by molar-refractivity contribution is 6.32. The van der Waals surface area contributed by atoms with Gasteiger partial charge in [-0.1, -0.05) is 17.7 Å². The van der Waals surface area contributed by atoms with E-state index in [9.17, 15) is 4.79 Å². The van der Waals surface area contributed by atoms with Gasteiger partial charge in [-0.25, -0.2) is 0 Å². The minimum Gasteiger partial charge on any atom is -0.482 e. The van der Waals surface area contributed by atoms with E-state index < -0.39 is 0 Å². The Hall–Kier alpha value is -2.76. The summed E-state index contributed by atoms with van der Waals surface area (Å²) < 4.78 is 11.2. The van der Waals surface area contributed by atoms with Crippen molar-refractivity contribution in [2.45, 2.75) is 27.4 Å². The number of rotatable bonds is 6. The summed E-state index contributed by atoms with van der Waals surface area (Å²) in [6, 6.07) is 12.8. The molecule has 2 aromatic carbocycles. The van der Waals surface area contributed by atoms with Crippen LogP contribution >= 0.6 is 11.6 Å². The van der Waals surface area contributed by atoms with Crippen molar-refractivity contribution < 1.29 is 19.1 Å². The number of amides is 1. The van der Waals surface area contributed by atoms with Gasteiger partial charge in [0.2, 0.25) is 0 Å². The van der Waals surface area contributed by atoms with E-state index >= 15 is 0 Å². The number of anilines is 1. The molecule has 0 saturated carbocycles. The van der Waals surface area contributed by atoms with Gasteiger partial charge in [-0.05, 0) is 73.9 Å². The van der Waals surface area contributed by atoms with E-state index in [1.54, 1.807) is 18.2 Å². The van der Waals surface area contributed by atoms with Crippen molar-refractivity contribution in [1.29, 1.82) is 0 Å². The van der Waals surface area contributed by atoms with E-state index in [2.05, 4.69) is 5.32 Å². The largest absolute Gasteiger partial charge is 0.482 e. The minimum atomic E-state index is -0.274. The van der Waals surface area contributed by atoms with Crippen molar-refractivity contribution in [3.63, 3.8) is 0 Å². The Morgan fingerprint density at radius 1 is 1.11 bits per heavy atom. The molecule has 0 aliphatic heterocycles. The first-order valence-electron chi connectivity index (χ1n) is 8.87. The normalized spacial score (nSPS) is 10.8. The summed E-state index contributed by atoms with van der Waals surface area (Å²) in [7, 11) is 0. The number of hydrogen-bond acceptors (Lipinski definition) is 4. The summed E-state index contributed by atoms with van der Waals surface area (Å²) in [6.45, 7) is 5.50. The SMILES string of the molecule is Cc1cc(C)c(OCC(=O)Nc2ccc(-c3ccc(CO)o3)c(C)c2)c(Cl)c1. The maximum Gasteiger partial charge on any atom is 0.262 e. The lowest BCUT2D eigenvalue weighted by molar-refractivity contribution is -0.118. The number of carbonyl (C=O) groups excluding carboxylic acids is 1. The third kappa shape index (κ3) is 4.55. The summed E-state index contributed by atoms with van der Waals surface area (Å²) in [4.78, 5) is 12.3. The Bertz CT molecular complexity index is 987. The lowest BCUT2D eigenvalue weighted by Gasteiger charge is -2.13. The summed E-state index contributed by atoms with van der Waals surface area (Å²) >= 11 is 6.21. The lowest BCUT2D eigenvalue weighted by atomic mass is 10.1. The molecule has 0 atom stereocenters. The Kier molecular flexibility index (Phi) is 6.07. The van der Waals surface area contributed by atoms with Crippen molar-refractivity contribution in [3.05, 3.63) is 69.9 Å². The standard InChI is InChI=1S/C22H22ClNO4/c1-13-8-15(3)22(19(23)9-13)27-12-21(26)24-16-4-6-18(14(2)10-16)20-7-5-17(11-25)28-20/h4-10,25H,11-12H2,1-3H3,(H,24,26). The maximum absolute atomic E-state index is 12.3. The molecule has 0 unspecified atom stereocenters. The third-order valence-electron chi connectivity index (χ3n) is 4.31. The number of aryl methyl sites for hydroxylation is 3. The summed E-state index contributed by atoms with van der Waals surface area (Å²) in [5, 5.41) is 12.4. The van der Waals surface area contributed by atoms with Crippen molar-refractivity contribution in [3.8, 4) is 17.1 Å². The van der Waals surface area contributed by atoms with Crippen LogP contribution in [-0.4, -0.2) is 17.6 Å². The molecule has 1 heterocycles. The van der Waals surface area contributed by atoms with E-state index in [1.807, 2.05) is 45.0 Å². The molecule has 2 N–H and O–H groups in total. The summed E-state index contributed by atoms with van der Waals surface area (Å²) in [6.07, 6.45) is 0. The van der Waals surface area contributed by atoms with E-state index in [1.165, 1.54) is 0 Å². The summed E-state index contributed by atoms with van der Waals surface area (Å²) in [5.41, 5.74) is 4.43. The second kappa shape index (κ2) is 8.50. The molecule has 0 fully saturated rings. The van der Waals surface area contributed by atoms with Crippen molar-refractivity contribution >= 4 is 23.2 Å². The van der Waals surface area contributed by atoms with E-state index in [0.717, 1.165) is 22.3 Å². The molecule has 0 bridgehead atoms. The lowest BCUT2D eigenvalue weighted by Crippen LogP contribution is -2.20. The average molecular weight is 400 g/mol. The van der Waals surface area contributed by atoms with E-state index in [0.29, 0.717) is 28.0 Å². The van der Waals surface area contributed by atoms with Crippen LogP contribution in [0.4, 0.5) is 5.69 Å². The fourth-order valence-corrected chi connectivity index (χ4v) is 3.42. The van der Waals surface area contributed by atoms with Crippen molar-refractivity contribution in [1.82, 2.24) is 0 Å². The molecule has 0 aliphatic rings. The number of ether oxygens (including phenoxy) is 1. The number of aliphatic hydroxyl groups excluding tert-OH is 1. The highest BCUT2D eigenvalue weighted by atomic mass is 35.5. The van der Waals surface area contributed by atoms with Crippen LogP contribution in [-0.2, 0) is 11.4 Å². The zero-order chi connectivity index (χ0) is 20.3. The monoisotopic (exact) mass is 399 g/mol. The van der Waals surface area contributed by atoms with Gasteiger partial charge in [0.15, 0.2) is 6.61 Å². The molecule has 0 spiro atoms. The van der Waals surface area contributed by atoms with Crippen LogP contribution < -0.4 is 10.1 Å². The van der Waals surface area contributed by atoms with Gasteiger partial charge in [0.1, 0.15) is 23.9 Å². The second-order valence-electron chi connectivity index (χ2n) is 6.68. The topological polar surface area (TPSA) is 71.7 Å². The fraction of sp³-hybridized carbons (Fsp3) is 0.227. The number of benzene rings is 2. The molecule has 0 radical (unpaired) electrons. The van der Waals surface area contributed by atoms with Gasteiger partial charge in [-0.3, -0.25) is 4.79 Å². The van der Waals surface area contributed by atoms with Crippen LogP contribution in [0.25, 0.3) is 11.3 Å². The van der Waals surface area contributed by atoms with Gasteiger partial charge >= 0.3 is 0 Å². The van der Waals surface area contributed by atoms with Gasteiger partial charge in [0.05, 0.1) is 5.02 Å². The van der Waals surface area contributed by atoms with Gasteiger partial charge in [-0.2, -0.15) is 0 Å². The highest BCUT2D eigenvalue weighted by Crippen LogP contribution is 2.30. The molecule has 6 heteroatoms. The first-order chi connectivity index (χ1) is 13.4. The average Bonchev–Trinajstić information content (AvgIpc) is 3.09. The molecule has 146 valence electrons. The first-order valence-corrected chi connectivity index (χ1v) is 9.25. The molecule has 1 amide bonds. The van der Waals surface area contributed by atoms with Crippen LogP contribution in [0.5, 0.6) is 5.75 Å². The van der Waals surface area contributed by atoms with Crippen molar-refractivity contribution in [2.24, 2.45) is 0 Å². The Labute approximate surface area is 168 Å². The number of nitrogens with one attached hydrogen (secondary N) is 1. The molecule has 28 heavy (non-hydrogen) atoms. The minimum absolute atomic E-state index is 0.136. The predicted octanol–water partition coefficient (Wildman–Crippen LogP) is 5.04. The molecule has 3 rings (SSSR count). The number of hydrogen-bond donors (Lipinski definition) is 2. The van der Waals surface area contributed by atoms with Gasteiger partial charge in [0, 0.05) is 11.3 Å². The van der Waals surface area contributed by atoms with Crippen LogP contribution in [0.1, 0.15) is 22.5 Å². The first kappa shape index (κ1) is 20.0. The Morgan fingerprint density at radius 3 is 2.54 bits per heavy atom. The van der Waals surface area contributed by atoms with Crippen LogP contribution in [0.15, 0.2) is 46.9 Å². The van der Waals surface area contributed by atoms with Crippen LogP contribution in [0.3, 0.4) is 0 Å². The van der Waals surface area contributed by atoms with Crippen LogP contribution in [0.2, 0.25) is 5.02 Å². The van der Waals surface area contributed by atoms with E-state index in [-0.39, 0.29) is 19.1 Å². The molecule has 0 aliphatic carbocycles. The Balaban J connectivity index is 1.65. The van der Waals surface area contributed by atoms with Crippen molar-refractivity contribution in [2.75, 3.05) is 11.9 Å². The second-order valence-corrected chi connectivity index (χ2v) is 7.09. The molecule has 1 aromatic heterocycles. The molecular weight excluding hydrogens is 378 g/mol. The van der Waals surface area contributed by atoms with Gasteiger partial charge in [-0.15, -0.1) is 0 Å². The quantitative estimate of drug-likeness (QED) is 0.609. The zero-order valence-electron chi connectivity index (χ0n) is 16.0. The Morgan fingerprint density at radius 2 is 1.89 bits per heavy atom. The molecule has 5 nitrogen and oxygen atoms in total. The van der Waals surface area contributed by atoms with Crippen LogP contribution in [0, 0.1) is 20.8 Å². The van der Waals surface area contributed by atoms with E-state index in [4.69, 9.17) is 25.9 Å². The third-order valence-corrected chi connectivity index (χ3v) is 4.60. The maximum atomic E-state index is 12.3. The van der Waals surface area contributed by atoms with Gasteiger partial charge in [0.25, 0.3) is 5.91 Å². The molecule has 3 aromatic rings. The predicted molar refractivity (Wildman–Crippen MR) is 110 cm³/mol. The summed E-state index contributed by atoms with van der Waals surface area (Å²) in [5.74, 6) is 1.43. The molecule has 0 saturated heterocycles. The smallest absolute Gasteiger partial charge is 0.262 e. The van der Waals surface area contributed by atoms with Gasteiger partial charge < -0.3 is 19.6 Å². The zero-order valence-corrected chi connectivity index (χ0v) is 16.8. The number of aliphatic hydroxyl groups is 1. The highest BCUT2D eigenvalue weighted by Gasteiger charge is 2.12. The molecular formula is C22H22ClNO4. The number of halogens is 1.